The molecule has 0 saturated carbocycles. The second-order valence-corrected chi connectivity index (χ2v) is 6.95. The van der Waals surface area contributed by atoms with Crippen LogP contribution in [0.25, 0.3) is 22.3 Å². The maximum Gasteiger partial charge on any atom is 0.269 e. The van der Waals surface area contributed by atoms with E-state index in [-0.39, 0.29) is 40.1 Å². The van der Waals surface area contributed by atoms with Crippen molar-refractivity contribution < 1.29 is 24.5 Å². The number of hydrogen-bond donors (Lipinski definition) is 2. The Kier molecular flexibility index (Phi) is 5.03. The van der Waals surface area contributed by atoms with Crippen molar-refractivity contribution in [2.24, 2.45) is 0 Å². The van der Waals surface area contributed by atoms with Crippen LogP contribution in [0.1, 0.15) is 11.1 Å². The fourth-order valence-electron chi connectivity index (χ4n) is 3.34. The molecule has 1 heterocycles. The van der Waals surface area contributed by atoms with E-state index in [1.54, 1.807) is 0 Å². The van der Waals surface area contributed by atoms with E-state index in [9.17, 15) is 35.2 Å². The molecule has 0 radical (unpaired) electrons. The van der Waals surface area contributed by atoms with Gasteiger partial charge in [-0.25, -0.2) is 0 Å². The molecule has 0 aliphatic heterocycles. The molecule has 0 amide bonds. The maximum absolute atomic E-state index is 13.3. The lowest BCUT2D eigenvalue weighted by Gasteiger charge is -2.12. The predicted molar refractivity (Wildman–Crippen MR) is 114 cm³/mol. The molecule has 0 atom stereocenters. The van der Waals surface area contributed by atoms with Crippen molar-refractivity contribution in [1.29, 1.82) is 0 Å². The first-order valence-corrected chi connectivity index (χ1v) is 9.25. The van der Waals surface area contributed by atoms with Gasteiger partial charge in [0.1, 0.15) is 5.76 Å². The number of aromatic hydroxyl groups is 2. The van der Waals surface area contributed by atoms with Crippen molar-refractivity contribution in [3.8, 4) is 22.8 Å². The number of hydrogen-bond acceptors (Lipinski definition) is 8. The van der Waals surface area contributed by atoms with Crippen LogP contribution in [0, 0.1) is 20.2 Å². The summed E-state index contributed by atoms with van der Waals surface area (Å²) in [6.45, 7) is 0. The lowest BCUT2D eigenvalue weighted by atomic mass is 9.98. The zero-order valence-corrected chi connectivity index (χ0v) is 16.2. The molecule has 10 nitrogen and oxygen atoms in total. The monoisotopic (exact) mass is 434 g/mol. The number of nitro groups is 2. The molecule has 0 saturated heterocycles. The Labute approximate surface area is 178 Å². The smallest absolute Gasteiger partial charge is 0.269 e. The zero-order valence-electron chi connectivity index (χ0n) is 16.2. The van der Waals surface area contributed by atoms with Crippen LogP contribution in [0.4, 0.5) is 11.4 Å². The summed E-state index contributed by atoms with van der Waals surface area (Å²) in [4.78, 5) is 34.0. The normalized spacial score (nSPS) is 10.9. The lowest BCUT2D eigenvalue weighted by Crippen LogP contribution is -2.12. The molecule has 0 unspecified atom stereocenters. The fourth-order valence-corrected chi connectivity index (χ4v) is 3.34. The topological polar surface area (TPSA) is 157 Å². The number of benzene rings is 3. The molecular formula is C22H14N2O8. The highest BCUT2D eigenvalue weighted by molar-refractivity contribution is 5.87. The van der Waals surface area contributed by atoms with Crippen LogP contribution in [0.15, 0.2) is 69.9 Å². The summed E-state index contributed by atoms with van der Waals surface area (Å²) >= 11 is 0. The standard InChI is InChI=1S/C22H14N2O8/c25-18-10-9-16-19(26)17(11-12-1-5-14(6-2-12)23(28)29)21(32-22(16)20(18)27)13-3-7-15(8-4-13)24(30)31/h1-10,25,27H,11H2. The molecule has 0 aliphatic rings. The van der Waals surface area contributed by atoms with Crippen LogP contribution in [-0.2, 0) is 6.42 Å². The summed E-state index contributed by atoms with van der Waals surface area (Å²) in [5.74, 6) is -1.03. The van der Waals surface area contributed by atoms with E-state index in [2.05, 4.69) is 0 Å². The van der Waals surface area contributed by atoms with Gasteiger partial charge in [0, 0.05) is 41.8 Å². The van der Waals surface area contributed by atoms with E-state index in [0.29, 0.717) is 11.1 Å². The summed E-state index contributed by atoms with van der Waals surface area (Å²) in [6, 6.07) is 13.4. The third kappa shape index (κ3) is 3.60. The number of nitro benzene ring substituents is 2. The highest BCUT2D eigenvalue weighted by atomic mass is 16.6. The number of phenolic OH excluding ortho intramolecular Hbond substituents is 2. The summed E-state index contributed by atoms with van der Waals surface area (Å²) < 4.78 is 5.82. The fraction of sp³-hybridized carbons (Fsp3) is 0.0455. The van der Waals surface area contributed by atoms with Gasteiger partial charge in [-0.15, -0.1) is 0 Å². The Morgan fingerprint density at radius 1 is 0.812 bits per heavy atom. The molecule has 0 fully saturated rings. The minimum Gasteiger partial charge on any atom is -0.504 e. The third-order valence-electron chi connectivity index (χ3n) is 4.98. The molecule has 4 aromatic rings. The predicted octanol–water partition coefficient (Wildman–Crippen LogP) is 4.28. The lowest BCUT2D eigenvalue weighted by molar-refractivity contribution is -0.385. The van der Waals surface area contributed by atoms with E-state index in [4.69, 9.17) is 4.42 Å². The van der Waals surface area contributed by atoms with Gasteiger partial charge in [0.05, 0.1) is 15.2 Å². The van der Waals surface area contributed by atoms with Gasteiger partial charge >= 0.3 is 0 Å². The molecule has 160 valence electrons. The number of rotatable bonds is 5. The third-order valence-corrected chi connectivity index (χ3v) is 4.98. The van der Waals surface area contributed by atoms with Gasteiger partial charge in [-0.2, -0.15) is 0 Å². The van der Waals surface area contributed by atoms with E-state index in [0.717, 1.165) is 6.07 Å². The summed E-state index contributed by atoms with van der Waals surface area (Å²) in [6.07, 6.45) is 0.0459. The number of non-ortho nitro benzene ring substituents is 2. The Balaban J connectivity index is 1.93. The Bertz CT molecular complexity index is 1420. The number of fused-ring (bicyclic) bond motifs is 1. The van der Waals surface area contributed by atoms with Gasteiger partial charge in [-0.1, -0.05) is 12.1 Å². The van der Waals surface area contributed by atoms with Crippen LogP contribution < -0.4 is 5.43 Å². The largest absolute Gasteiger partial charge is 0.504 e. The van der Waals surface area contributed by atoms with Crippen molar-refractivity contribution in [2.45, 2.75) is 6.42 Å². The molecular weight excluding hydrogens is 420 g/mol. The first-order chi connectivity index (χ1) is 15.3. The molecule has 0 spiro atoms. The van der Waals surface area contributed by atoms with Crippen molar-refractivity contribution in [2.75, 3.05) is 0 Å². The van der Waals surface area contributed by atoms with Crippen molar-refractivity contribution in [3.05, 3.63) is 102 Å². The Morgan fingerprint density at radius 3 is 1.94 bits per heavy atom. The second-order valence-electron chi connectivity index (χ2n) is 6.95. The van der Waals surface area contributed by atoms with Crippen molar-refractivity contribution in [3.63, 3.8) is 0 Å². The van der Waals surface area contributed by atoms with Crippen LogP contribution in [0.5, 0.6) is 11.5 Å². The average Bonchev–Trinajstić information content (AvgIpc) is 2.78. The van der Waals surface area contributed by atoms with E-state index < -0.39 is 26.8 Å². The minimum atomic E-state index is -0.607. The first kappa shape index (κ1) is 20.5. The van der Waals surface area contributed by atoms with E-state index in [1.807, 2.05) is 0 Å². The molecule has 3 aromatic carbocycles. The van der Waals surface area contributed by atoms with Crippen molar-refractivity contribution >= 4 is 22.3 Å². The van der Waals surface area contributed by atoms with Crippen LogP contribution in [0.2, 0.25) is 0 Å². The first-order valence-electron chi connectivity index (χ1n) is 9.25. The summed E-state index contributed by atoms with van der Waals surface area (Å²) in [5, 5.41) is 41.9. The van der Waals surface area contributed by atoms with Crippen molar-refractivity contribution in [1.82, 2.24) is 0 Å². The Morgan fingerprint density at radius 2 is 1.38 bits per heavy atom. The van der Waals surface area contributed by atoms with Gasteiger partial charge in [-0.3, -0.25) is 25.0 Å². The van der Waals surface area contributed by atoms with Gasteiger partial charge in [0.15, 0.2) is 16.8 Å². The second kappa shape index (κ2) is 7.84. The average molecular weight is 434 g/mol. The molecule has 4 rings (SSSR count). The summed E-state index contributed by atoms with van der Waals surface area (Å²) in [5.41, 5.74) is 0.154. The molecule has 0 bridgehead atoms. The summed E-state index contributed by atoms with van der Waals surface area (Å²) in [7, 11) is 0. The highest BCUT2D eigenvalue weighted by Crippen LogP contribution is 2.36. The number of phenols is 2. The van der Waals surface area contributed by atoms with Gasteiger partial charge in [0.25, 0.3) is 11.4 Å². The van der Waals surface area contributed by atoms with Gasteiger partial charge in [0.2, 0.25) is 5.75 Å². The zero-order chi connectivity index (χ0) is 23.0. The SMILES string of the molecule is O=c1c(Cc2ccc([N+](=O)[O-])cc2)c(-c2ccc([N+](=O)[O-])cc2)oc2c(O)c(O)ccc12. The quantitative estimate of drug-likeness (QED) is 0.268. The molecule has 2 N–H and O–H groups in total. The molecule has 1 aromatic heterocycles. The van der Waals surface area contributed by atoms with E-state index in [1.165, 1.54) is 54.6 Å². The van der Waals surface area contributed by atoms with E-state index >= 15 is 0 Å². The number of nitrogens with zero attached hydrogens (tertiary/aromatic N) is 2. The minimum absolute atomic E-state index is 0.0304. The van der Waals surface area contributed by atoms with Crippen LogP contribution in [-0.4, -0.2) is 20.1 Å². The van der Waals surface area contributed by atoms with Crippen LogP contribution in [0.3, 0.4) is 0 Å². The maximum atomic E-state index is 13.3. The van der Waals surface area contributed by atoms with Gasteiger partial charge in [-0.05, 0) is 29.8 Å². The molecule has 32 heavy (non-hydrogen) atoms. The molecule has 0 aliphatic carbocycles. The highest BCUT2D eigenvalue weighted by Gasteiger charge is 2.21. The molecule has 10 heteroatoms. The van der Waals surface area contributed by atoms with Crippen LogP contribution >= 0.6 is 0 Å². The Hall–Kier alpha value is -4.73. The van der Waals surface area contributed by atoms with Gasteiger partial charge < -0.3 is 14.6 Å².